The van der Waals surface area contributed by atoms with Gasteiger partial charge in [-0.1, -0.05) is 6.42 Å². The van der Waals surface area contributed by atoms with Crippen LogP contribution < -0.4 is 0 Å². The van der Waals surface area contributed by atoms with Crippen LogP contribution in [0.1, 0.15) is 1.43 Å². The minimum absolute atomic E-state index is 0. The number of hydrogen-bond acceptors (Lipinski definition) is 1. The maximum Gasteiger partial charge on any atom is 0.255 e. The molecule has 2 heteroatoms. The molecule has 0 unspecified atom stereocenters. The molecule has 0 saturated heterocycles. The second-order valence-electron chi connectivity index (χ2n) is 2.33. The molecular weight excluding hydrogens is 104 g/mol. The number of terminal acetylenes is 1. The van der Waals surface area contributed by atoms with E-state index in [-0.39, 0.29) is 1.43 Å². The van der Waals surface area contributed by atoms with E-state index in [4.69, 9.17) is 10.8 Å². The molecule has 0 spiro atoms. The quantitative estimate of drug-likeness (QED) is 0.374. The Labute approximate surface area is 47.3 Å². The standard InChI is InChI=1S/C5H10OSi.H2/c1-5-6-7(2,3)4;/h1H,2-4H3;1H. The molecule has 0 aliphatic carbocycles. The highest BCUT2D eigenvalue weighted by atomic mass is 28.4. The van der Waals surface area contributed by atoms with E-state index in [1.807, 2.05) is 19.6 Å². The summed E-state index contributed by atoms with van der Waals surface area (Å²) >= 11 is 0. The van der Waals surface area contributed by atoms with E-state index in [0.717, 1.165) is 0 Å². The maximum absolute atomic E-state index is 4.90. The second-order valence-corrected chi connectivity index (χ2v) is 6.76. The Bertz CT molecular complexity index is 89.6. The lowest BCUT2D eigenvalue weighted by Gasteiger charge is -2.10. The minimum Gasteiger partial charge on any atom is -0.501 e. The lowest BCUT2D eigenvalue weighted by Crippen LogP contribution is -2.21. The monoisotopic (exact) mass is 116 g/mol. The predicted octanol–water partition coefficient (Wildman–Crippen LogP) is 1.67. The molecule has 0 aromatic carbocycles. The first-order valence-electron chi connectivity index (χ1n) is 2.20. The van der Waals surface area contributed by atoms with Crippen LogP contribution >= 0.6 is 0 Å². The third kappa shape index (κ3) is 5.58. The van der Waals surface area contributed by atoms with E-state index >= 15 is 0 Å². The molecule has 42 valence electrons. The van der Waals surface area contributed by atoms with Crippen molar-refractivity contribution in [3.63, 3.8) is 0 Å². The van der Waals surface area contributed by atoms with E-state index in [9.17, 15) is 0 Å². The summed E-state index contributed by atoms with van der Waals surface area (Å²) in [5, 5.41) is 0. The van der Waals surface area contributed by atoms with Crippen molar-refractivity contribution in [2.24, 2.45) is 0 Å². The van der Waals surface area contributed by atoms with Crippen molar-refractivity contribution in [2.75, 3.05) is 0 Å². The largest absolute Gasteiger partial charge is 0.501 e. The van der Waals surface area contributed by atoms with E-state index in [0.29, 0.717) is 0 Å². The number of rotatable bonds is 1. The molecule has 0 aromatic rings. The van der Waals surface area contributed by atoms with Gasteiger partial charge in [-0.05, 0) is 19.6 Å². The van der Waals surface area contributed by atoms with Gasteiger partial charge in [-0.2, -0.15) is 0 Å². The van der Waals surface area contributed by atoms with Gasteiger partial charge in [0.2, 0.25) is 0 Å². The average molecular weight is 116 g/mol. The van der Waals surface area contributed by atoms with Gasteiger partial charge in [0.1, 0.15) is 0 Å². The van der Waals surface area contributed by atoms with Crippen LogP contribution in [-0.4, -0.2) is 8.32 Å². The van der Waals surface area contributed by atoms with Gasteiger partial charge < -0.3 is 4.43 Å². The van der Waals surface area contributed by atoms with Gasteiger partial charge in [-0.15, -0.1) is 0 Å². The fraction of sp³-hybridized carbons (Fsp3) is 0.600. The van der Waals surface area contributed by atoms with Gasteiger partial charge in [0.05, 0.1) is 6.11 Å². The van der Waals surface area contributed by atoms with E-state index in [1.165, 1.54) is 0 Å². The van der Waals surface area contributed by atoms with Crippen LogP contribution in [0.4, 0.5) is 0 Å². The molecule has 0 aliphatic heterocycles. The lowest BCUT2D eigenvalue weighted by molar-refractivity contribution is 0.520. The summed E-state index contributed by atoms with van der Waals surface area (Å²) in [7, 11) is -1.39. The van der Waals surface area contributed by atoms with Gasteiger partial charge in [-0.25, -0.2) is 0 Å². The summed E-state index contributed by atoms with van der Waals surface area (Å²) in [6, 6.07) is 0. The first kappa shape index (κ1) is 6.58. The third-order valence-electron chi connectivity index (χ3n) is 0.365. The van der Waals surface area contributed by atoms with Crippen LogP contribution in [0, 0.1) is 12.5 Å². The van der Waals surface area contributed by atoms with Crippen molar-refractivity contribution in [2.45, 2.75) is 19.6 Å². The zero-order chi connectivity index (χ0) is 5.91. The molecule has 0 amide bonds. The molecule has 0 N–H and O–H groups in total. The summed E-state index contributed by atoms with van der Waals surface area (Å²) in [4.78, 5) is 0. The average Bonchev–Trinajstić information content (AvgIpc) is 1.30. The molecule has 7 heavy (non-hydrogen) atoms. The van der Waals surface area contributed by atoms with Crippen molar-refractivity contribution >= 4 is 8.32 Å². The van der Waals surface area contributed by atoms with Crippen molar-refractivity contribution in [1.82, 2.24) is 0 Å². The maximum atomic E-state index is 4.90. The first-order valence-corrected chi connectivity index (χ1v) is 5.61. The van der Waals surface area contributed by atoms with E-state index < -0.39 is 8.32 Å². The summed E-state index contributed by atoms with van der Waals surface area (Å²) < 4.78 is 4.90. The second kappa shape index (κ2) is 2.03. The smallest absolute Gasteiger partial charge is 0.255 e. The lowest BCUT2D eigenvalue weighted by atomic mass is 11.3. The van der Waals surface area contributed by atoms with E-state index in [1.54, 1.807) is 0 Å². The third-order valence-corrected chi connectivity index (χ3v) is 1.10. The summed E-state index contributed by atoms with van der Waals surface area (Å²) in [6.45, 7) is 6.15. The summed E-state index contributed by atoms with van der Waals surface area (Å²) in [6.07, 6.45) is 7.05. The molecule has 0 radical (unpaired) electrons. The molecule has 0 fully saturated rings. The zero-order valence-corrected chi connectivity index (χ0v) is 5.99. The molecule has 0 aliphatic rings. The molecule has 0 rings (SSSR count). The molecule has 0 saturated carbocycles. The summed E-state index contributed by atoms with van der Waals surface area (Å²) in [5.74, 6) is 0. The Morgan fingerprint density at radius 3 is 2.00 bits per heavy atom. The predicted molar refractivity (Wildman–Crippen MR) is 35.4 cm³/mol. The Morgan fingerprint density at radius 1 is 1.57 bits per heavy atom. The van der Waals surface area contributed by atoms with Crippen molar-refractivity contribution < 1.29 is 5.85 Å². The summed E-state index contributed by atoms with van der Waals surface area (Å²) in [5.41, 5.74) is 0. The fourth-order valence-corrected chi connectivity index (χ4v) is 0.530. The molecule has 0 atom stereocenters. The van der Waals surface area contributed by atoms with Gasteiger partial charge in [0.15, 0.2) is 0 Å². The molecule has 0 heterocycles. The van der Waals surface area contributed by atoms with Crippen molar-refractivity contribution in [3.8, 4) is 12.5 Å². The van der Waals surface area contributed by atoms with Gasteiger partial charge >= 0.3 is 0 Å². The Kier molecular flexibility index (Phi) is 1.91. The first-order chi connectivity index (χ1) is 3.06. The van der Waals surface area contributed by atoms with Crippen molar-refractivity contribution in [3.05, 3.63) is 0 Å². The van der Waals surface area contributed by atoms with Crippen molar-refractivity contribution in [1.29, 1.82) is 0 Å². The Hall–Kier alpha value is -0.423. The SMILES string of the molecule is C#CO[Si](C)(C)C.[HH]. The minimum atomic E-state index is -1.39. The molecular formula is C5H12OSi. The van der Waals surface area contributed by atoms with Crippen LogP contribution in [0.5, 0.6) is 0 Å². The van der Waals surface area contributed by atoms with Crippen LogP contribution in [0.15, 0.2) is 0 Å². The molecule has 0 bridgehead atoms. The normalized spacial score (nSPS) is 10.0. The number of hydrogen-bond donors (Lipinski definition) is 0. The zero-order valence-electron chi connectivity index (χ0n) is 4.99. The topological polar surface area (TPSA) is 9.23 Å². The molecule has 1 nitrogen and oxygen atoms in total. The molecule has 0 aromatic heterocycles. The highest BCUT2D eigenvalue weighted by molar-refractivity contribution is 6.70. The van der Waals surface area contributed by atoms with Gasteiger partial charge in [-0.3, -0.25) is 0 Å². The van der Waals surface area contributed by atoms with Gasteiger partial charge in [0, 0.05) is 1.43 Å². The van der Waals surface area contributed by atoms with Crippen LogP contribution in [0.3, 0.4) is 0 Å². The Balaban J connectivity index is 0. The highest BCUT2D eigenvalue weighted by Crippen LogP contribution is 1.99. The fourth-order valence-electron chi connectivity index (χ4n) is 0.177. The van der Waals surface area contributed by atoms with Crippen LogP contribution in [0.25, 0.3) is 0 Å². The van der Waals surface area contributed by atoms with E-state index in [2.05, 4.69) is 6.11 Å². The van der Waals surface area contributed by atoms with Crippen LogP contribution in [0.2, 0.25) is 19.6 Å². The highest BCUT2D eigenvalue weighted by Gasteiger charge is 2.13. The van der Waals surface area contributed by atoms with Gasteiger partial charge in [0.25, 0.3) is 8.32 Å². The Morgan fingerprint density at radius 2 is 2.00 bits per heavy atom. The van der Waals surface area contributed by atoms with Crippen LogP contribution in [-0.2, 0) is 4.43 Å².